The molecule has 0 aromatic carbocycles. The topological polar surface area (TPSA) is 92.5 Å². The van der Waals surface area contributed by atoms with Crippen LogP contribution < -0.4 is 11.1 Å². The predicted molar refractivity (Wildman–Crippen MR) is 79.7 cm³/mol. The zero-order chi connectivity index (χ0) is 15.2. The number of rotatable bonds is 7. The first-order valence-electron chi connectivity index (χ1n) is 7.36. The molecule has 118 valence electrons. The summed E-state index contributed by atoms with van der Waals surface area (Å²) in [6, 6.07) is 0.0963. The molecule has 1 rings (SSSR count). The van der Waals surface area contributed by atoms with E-state index in [1.54, 1.807) is 6.92 Å². The minimum Gasteiger partial charge on any atom is -0.353 e. The van der Waals surface area contributed by atoms with Gasteiger partial charge in [0.05, 0.1) is 5.75 Å². The van der Waals surface area contributed by atoms with Crippen molar-refractivity contribution in [3.8, 4) is 0 Å². The highest BCUT2D eigenvalue weighted by Gasteiger charge is 2.27. The average molecular weight is 305 g/mol. The normalized spacial score (nSPS) is 19.8. The van der Waals surface area contributed by atoms with E-state index in [2.05, 4.69) is 5.32 Å². The molecule has 1 aliphatic heterocycles. The number of nitrogens with two attached hydrogens (primary N) is 1. The van der Waals surface area contributed by atoms with Crippen LogP contribution in [0.4, 0.5) is 0 Å². The molecule has 0 radical (unpaired) electrons. The molecule has 1 fully saturated rings. The molecule has 0 aliphatic carbocycles. The van der Waals surface area contributed by atoms with E-state index in [9.17, 15) is 13.2 Å². The Morgan fingerprint density at radius 3 is 2.50 bits per heavy atom. The number of nitrogens with zero attached hydrogens (tertiary/aromatic N) is 1. The quantitative estimate of drug-likeness (QED) is 0.707. The van der Waals surface area contributed by atoms with Crippen LogP contribution in [0.25, 0.3) is 0 Å². The van der Waals surface area contributed by atoms with E-state index in [0.29, 0.717) is 44.8 Å². The third kappa shape index (κ3) is 5.38. The molecule has 3 N–H and O–H groups in total. The largest absolute Gasteiger partial charge is 0.353 e. The van der Waals surface area contributed by atoms with Gasteiger partial charge in [-0.2, -0.15) is 0 Å². The fraction of sp³-hybridized carbons (Fsp3) is 0.923. The fourth-order valence-electron chi connectivity index (χ4n) is 2.26. The summed E-state index contributed by atoms with van der Waals surface area (Å²) in [6.45, 7) is 5.28. The standard InChI is InChI=1S/C13H27N3O3S/c1-3-20(18,19)16-8-6-12(7-9-16)15-13(17)5-4-11(2)10-14/h11-12H,3-10,14H2,1-2H3,(H,15,17). The first kappa shape index (κ1) is 17.4. The molecule has 6 nitrogen and oxygen atoms in total. The number of hydrogen-bond donors (Lipinski definition) is 2. The van der Waals surface area contributed by atoms with Gasteiger partial charge in [-0.25, -0.2) is 12.7 Å². The monoisotopic (exact) mass is 305 g/mol. The Labute approximate surface area is 122 Å². The lowest BCUT2D eigenvalue weighted by Crippen LogP contribution is -2.46. The summed E-state index contributed by atoms with van der Waals surface area (Å²) in [5, 5.41) is 2.99. The van der Waals surface area contributed by atoms with E-state index in [1.807, 2.05) is 6.92 Å². The molecule has 1 heterocycles. The maximum absolute atomic E-state index is 11.8. The van der Waals surface area contributed by atoms with Crippen LogP contribution in [0.2, 0.25) is 0 Å². The van der Waals surface area contributed by atoms with Crippen LogP contribution in [0.1, 0.15) is 39.5 Å². The number of carbonyl (C=O) groups is 1. The van der Waals surface area contributed by atoms with Crippen molar-refractivity contribution in [1.29, 1.82) is 0 Å². The van der Waals surface area contributed by atoms with E-state index in [-0.39, 0.29) is 17.7 Å². The summed E-state index contributed by atoms with van der Waals surface area (Å²) < 4.78 is 25.0. The Kier molecular flexibility index (Phi) is 6.91. The third-order valence-corrected chi connectivity index (χ3v) is 5.73. The van der Waals surface area contributed by atoms with Gasteiger partial charge < -0.3 is 11.1 Å². The van der Waals surface area contributed by atoms with Crippen LogP contribution in [-0.4, -0.2) is 50.1 Å². The Morgan fingerprint density at radius 2 is 2.00 bits per heavy atom. The second-order valence-electron chi connectivity index (χ2n) is 5.52. The zero-order valence-electron chi connectivity index (χ0n) is 12.5. The Hall–Kier alpha value is -0.660. The Morgan fingerprint density at radius 1 is 1.40 bits per heavy atom. The first-order chi connectivity index (χ1) is 9.39. The Balaban J connectivity index is 2.30. The van der Waals surface area contributed by atoms with Gasteiger partial charge in [-0.3, -0.25) is 4.79 Å². The van der Waals surface area contributed by atoms with Crippen molar-refractivity contribution in [2.24, 2.45) is 11.7 Å². The van der Waals surface area contributed by atoms with Crippen LogP contribution in [0.15, 0.2) is 0 Å². The SMILES string of the molecule is CCS(=O)(=O)N1CCC(NC(=O)CCC(C)CN)CC1. The minimum atomic E-state index is -3.09. The summed E-state index contributed by atoms with van der Waals surface area (Å²) in [6.07, 6.45) is 2.67. The molecule has 0 saturated carbocycles. The fourth-order valence-corrected chi connectivity index (χ4v) is 3.39. The number of carbonyl (C=O) groups excluding carboxylic acids is 1. The zero-order valence-corrected chi connectivity index (χ0v) is 13.3. The van der Waals surface area contributed by atoms with Crippen LogP contribution in [0.3, 0.4) is 0 Å². The van der Waals surface area contributed by atoms with Crippen LogP contribution in [-0.2, 0) is 14.8 Å². The van der Waals surface area contributed by atoms with E-state index >= 15 is 0 Å². The maximum Gasteiger partial charge on any atom is 0.220 e. The number of amides is 1. The summed E-state index contributed by atoms with van der Waals surface area (Å²) in [7, 11) is -3.09. The van der Waals surface area contributed by atoms with Crippen molar-refractivity contribution in [3.05, 3.63) is 0 Å². The second-order valence-corrected chi connectivity index (χ2v) is 7.78. The predicted octanol–water partition coefficient (Wildman–Crippen LogP) is 0.292. The summed E-state index contributed by atoms with van der Waals surface area (Å²) in [5.74, 6) is 0.542. The van der Waals surface area contributed by atoms with Crippen molar-refractivity contribution < 1.29 is 13.2 Å². The lowest BCUT2D eigenvalue weighted by molar-refractivity contribution is -0.122. The number of nitrogens with one attached hydrogen (secondary N) is 1. The second kappa shape index (κ2) is 7.95. The highest BCUT2D eigenvalue weighted by molar-refractivity contribution is 7.89. The van der Waals surface area contributed by atoms with Crippen LogP contribution in [0.5, 0.6) is 0 Å². The van der Waals surface area contributed by atoms with Crippen molar-refractivity contribution in [2.45, 2.75) is 45.6 Å². The molecule has 0 aromatic rings. The minimum absolute atomic E-state index is 0.0436. The molecule has 20 heavy (non-hydrogen) atoms. The van der Waals surface area contributed by atoms with E-state index in [1.165, 1.54) is 4.31 Å². The molecule has 1 amide bonds. The molecule has 1 saturated heterocycles. The smallest absolute Gasteiger partial charge is 0.220 e. The maximum atomic E-state index is 11.8. The summed E-state index contributed by atoms with van der Waals surface area (Å²) in [5.41, 5.74) is 5.52. The summed E-state index contributed by atoms with van der Waals surface area (Å²) in [4.78, 5) is 11.8. The first-order valence-corrected chi connectivity index (χ1v) is 8.97. The average Bonchev–Trinajstić information content (AvgIpc) is 2.45. The van der Waals surface area contributed by atoms with Crippen molar-refractivity contribution in [1.82, 2.24) is 9.62 Å². The lowest BCUT2D eigenvalue weighted by atomic mass is 10.0. The van der Waals surface area contributed by atoms with Crippen LogP contribution in [0, 0.1) is 5.92 Å². The molecule has 1 unspecified atom stereocenters. The van der Waals surface area contributed by atoms with Gasteiger partial charge in [0.1, 0.15) is 0 Å². The van der Waals surface area contributed by atoms with E-state index in [4.69, 9.17) is 5.73 Å². The van der Waals surface area contributed by atoms with Gasteiger partial charge in [-0.15, -0.1) is 0 Å². The van der Waals surface area contributed by atoms with Gasteiger partial charge in [-0.05, 0) is 38.6 Å². The third-order valence-electron chi connectivity index (χ3n) is 3.84. The number of sulfonamides is 1. The van der Waals surface area contributed by atoms with Crippen LogP contribution >= 0.6 is 0 Å². The molecule has 1 aliphatic rings. The van der Waals surface area contributed by atoms with Gasteiger partial charge in [0.25, 0.3) is 0 Å². The van der Waals surface area contributed by atoms with Gasteiger partial charge in [0, 0.05) is 25.6 Å². The van der Waals surface area contributed by atoms with Gasteiger partial charge in [0.2, 0.25) is 15.9 Å². The highest BCUT2D eigenvalue weighted by Crippen LogP contribution is 2.15. The lowest BCUT2D eigenvalue weighted by Gasteiger charge is -2.31. The van der Waals surface area contributed by atoms with Gasteiger partial charge in [-0.1, -0.05) is 6.92 Å². The van der Waals surface area contributed by atoms with Crippen molar-refractivity contribution in [2.75, 3.05) is 25.4 Å². The molecular formula is C13H27N3O3S. The Bertz CT molecular complexity index is 403. The highest BCUT2D eigenvalue weighted by atomic mass is 32.2. The van der Waals surface area contributed by atoms with E-state index in [0.717, 1.165) is 6.42 Å². The summed E-state index contributed by atoms with van der Waals surface area (Å²) >= 11 is 0. The van der Waals surface area contributed by atoms with Gasteiger partial charge in [0.15, 0.2) is 0 Å². The molecule has 0 spiro atoms. The number of piperidine rings is 1. The molecule has 1 atom stereocenters. The van der Waals surface area contributed by atoms with E-state index < -0.39 is 10.0 Å². The molecule has 7 heteroatoms. The molecular weight excluding hydrogens is 278 g/mol. The van der Waals surface area contributed by atoms with Crippen molar-refractivity contribution in [3.63, 3.8) is 0 Å². The molecule has 0 aromatic heterocycles. The molecule has 0 bridgehead atoms. The van der Waals surface area contributed by atoms with Gasteiger partial charge >= 0.3 is 0 Å². The number of hydrogen-bond acceptors (Lipinski definition) is 4. The van der Waals surface area contributed by atoms with Crippen molar-refractivity contribution >= 4 is 15.9 Å².